The van der Waals surface area contributed by atoms with Gasteiger partial charge in [0.25, 0.3) is 0 Å². The molecule has 0 saturated carbocycles. The molecule has 7 heteroatoms. The summed E-state index contributed by atoms with van der Waals surface area (Å²) in [4.78, 5) is 1.88. The number of rotatable bonds is 3. The molecule has 0 spiro atoms. The number of nitrogens with one attached hydrogen (secondary N) is 1. The second-order valence-corrected chi connectivity index (χ2v) is 4.59. The summed E-state index contributed by atoms with van der Waals surface area (Å²) in [5.41, 5.74) is 0.295. The van der Waals surface area contributed by atoms with Crippen molar-refractivity contribution in [3.05, 3.63) is 23.8 Å². The van der Waals surface area contributed by atoms with Crippen molar-refractivity contribution in [2.75, 3.05) is 6.26 Å². The van der Waals surface area contributed by atoms with Crippen molar-refractivity contribution < 1.29 is 18.6 Å². The fourth-order valence-corrected chi connectivity index (χ4v) is 1.08. The molecule has 0 bridgehead atoms. The summed E-state index contributed by atoms with van der Waals surface area (Å²) in [7, 11) is -3.39. The number of sulfonamides is 1. The molecule has 0 amide bonds. The molecule has 0 aliphatic carbocycles. The topological polar surface area (TPSA) is 99.0 Å². The first-order chi connectivity index (χ1) is 6.88. The average Bonchev–Trinajstić information content (AvgIpc) is 2.07. The van der Waals surface area contributed by atoms with Gasteiger partial charge < -0.3 is 10.2 Å². The maximum atomic E-state index is 10.6. The maximum Gasteiger partial charge on any atom is 0.244 e. The Morgan fingerprint density at radius 3 is 2.60 bits per heavy atom. The highest BCUT2D eigenvalue weighted by molar-refractivity contribution is 7.88. The lowest BCUT2D eigenvalue weighted by Crippen LogP contribution is -2.15. The highest BCUT2D eigenvalue weighted by Gasteiger charge is 2.00. The lowest BCUT2D eigenvalue weighted by molar-refractivity contribution is 0.450. The molecule has 0 radical (unpaired) electrons. The van der Waals surface area contributed by atoms with Gasteiger partial charge in [0.2, 0.25) is 10.0 Å². The molecule has 0 aliphatic rings. The fraction of sp³-hybridized carbons (Fsp3) is 0.125. The van der Waals surface area contributed by atoms with Crippen LogP contribution in [-0.4, -0.2) is 31.1 Å². The zero-order valence-corrected chi connectivity index (χ0v) is 8.69. The number of phenols is 2. The number of benzene rings is 1. The summed E-state index contributed by atoms with van der Waals surface area (Å²) in [5, 5.41) is 21.7. The number of aromatic hydroxyl groups is 2. The average molecular weight is 230 g/mol. The zero-order valence-electron chi connectivity index (χ0n) is 7.88. The van der Waals surface area contributed by atoms with E-state index in [2.05, 4.69) is 5.10 Å². The summed E-state index contributed by atoms with van der Waals surface area (Å²) < 4.78 is 21.3. The third-order valence-electron chi connectivity index (χ3n) is 1.44. The van der Waals surface area contributed by atoms with Crippen molar-refractivity contribution in [3.63, 3.8) is 0 Å². The Morgan fingerprint density at radius 2 is 2.07 bits per heavy atom. The van der Waals surface area contributed by atoms with Gasteiger partial charge in [0, 0.05) is 11.6 Å². The molecule has 0 fully saturated rings. The number of nitrogens with zero attached hydrogens (tertiary/aromatic N) is 1. The summed E-state index contributed by atoms with van der Waals surface area (Å²) in [6.07, 6.45) is 2.09. The normalized spacial score (nSPS) is 11.8. The van der Waals surface area contributed by atoms with Crippen molar-refractivity contribution in [2.24, 2.45) is 5.10 Å². The van der Waals surface area contributed by atoms with Crippen LogP contribution in [0.25, 0.3) is 0 Å². The minimum Gasteiger partial charge on any atom is -0.508 e. The molecule has 82 valence electrons. The van der Waals surface area contributed by atoms with Gasteiger partial charge in [-0.05, 0) is 12.1 Å². The van der Waals surface area contributed by atoms with E-state index in [0.29, 0.717) is 5.56 Å². The molecular formula is C8H10N2O4S. The van der Waals surface area contributed by atoms with Gasteiger partial charge in [-0.3, -0.25) is 0 Å². The summed E-state index contributed by atoms with van der Waals surface area (Å²) in [6.45, 7) is 0. The van der Waals surface area contributed by atoms with Crippen LogP contribution in [0.1, 0.15) is 5.56 Å². The highest BCUT2D eigenvalue weighted by Crippen LogP contribution is 2.20. The largest absolute Gasteiger partial charge is 0.508 e. The van der Waals surface area contributed by atoms with Crippen LogP contribution in [0, 0.1) is 0 Å². The van der Waals surface area contributed by atoms with Crippen LogP contribution < -0.4 is 4.83 Å². The quantitative estimate of drug-likeness (QED) is 0.502. The summed E-state index contributed by atoms with van der Waals surface area (Å²) in [5.74, 6) is -0.269. The van der Waals surface area contributed by atoms with E-state index in [9.17, 15) is 13.5 Å². The molecule has 0 saturated heterocycles. The van der Waals surface area contributed by atoms with Gasteiger partial charge in [-0.2, -0.15) is 5.10 Å². The van der Waals surface area contributed by atoms with Gasteiger partial charge in [-0.1, -0.05) is 0 Å². The number of phenolic OH excluding ortho intramolecular Hbond substituents is 2. The number of hydrogen-bond donors (Lipinski definition) is 3. The Bertz CT molecular complexity index is 481. The van der Waals surface area contributed by atoms with Crippen molar-refractivity contribution in [1.29, 1.82) is 0 Å². The van der Waals surface area contributed by atoms with Gasteiger partial charge in [-0.25, -0.2) is 13.2 Å². The van der Waals surface area contributed by atoms with Crippen molar-refractivity contribution in [1.82, 2.24) is 4.83 Å². The van der Waals surface area contributed by atoms with Crippen LogP contribution in [0.2, 0.25) is 0 Å². The molecular weight excluding hydrogens is 220 g/mol. The highest BCUT2D eigenvalue weighted by atomic mass is 32.2. The minimum atomic E-state index is -3.39. The van der Waals surface area contributed by atoms with Gasteiger partial charge >= 0.3 is 0 Å². The monoisotopic (exact) mass is 230 g/mol. The Balaban J connectivity index is 2.82. The molecule has 15 heavy (non-hydrogen) atoms. The third-order valence-corrected chi connectivity index (χ3v) is 1.87. The Labute approximate surface area is 86.9 Å². The molecule has 1 aromatic carbocycles. The van der Waals surface area contributed by atoms with Gasteiger partial charge in [0.15, 0.2) is 0 Å². The number of hydrogen-bond acceptors (Lipinski definition) is 5. The van der Waals surface area contributed by atoms with Crippen LogP contribution in [0.15, 0.2) is 23.3 Å². The molecule has 0 aliphatic heterocycles. The Morgan fingerprint density at radius 1 is 1.40 bits per heavy atom. The smallest absolute Gasteiger partial charge is 0.244 e. The van der Waals surface area contributed by atoms with E-state index in [1.165, 1.54) is 12.1 Å². The predicted octanol–water partition coefficient (Wildman–Crippen LogP) is -0.0191. The van der Waals surface area contributed by atoms with Gasteiger partial charge in [-0.15, -0.1) is 0 Å². The van der Waals surface area contributed by atoms with Crippen LogP contribution in [0.5, 0.6) is 11.5 Å². The van der Waals surface area contributed by atoms with E-state index in [4.69, 9.17) is 5.11 Å². The first-order valence-electron chi connectivity index (χ1n) is 3.90. The third kappa shape index (κ3) is 3.86. The van der Waals surface area contributed by atoms with Gasteiger partial charge in [0.1, 0.15) is 11.5 Å². The Hall–Kier alpha value is -1.76. The summed E-state index contributed by atoms with van der Waals surface area (Å²) in [6, 6.07) is 3.88. The molecule has 6 nitrogen and oxygen atoms in total. The molecule has 1 aromatic rings. The van der Waals surface area contributed by atoms with E-state index in [1.54, 1.807) is 0 Å². The minimum absolute atomic E-state index is 0.0827. The number of hydrazone groups is 1. The fourth-order valence-electron chi connectivity index (χ4n) is 0.833. The lowest BCUT2D eigenvalue weighted by Gasteiger charge is -1.99. The van der Waals surface area contributed by atoms with Crippen LogP contribution in [-0.2, 0) is 10.0 Å². The predicted molar refractivity (Wildman–Crippen MR) is 55.3 cm³/mol. The van der Waals surface area contributed by atoms with E-state index < -0.39 is 10.0 Å². The zero-order chi connectivity index (χ0) is 11.5. The van der Waals surface area contributed by atoms with E-state index in [0.717, 1.165) is 18.5 Å². The molecule has 0 heterocycles. The van der Waals surface area contributed by atoms with Crippen LogP contribution in [0.3, 0.4) is 0 Å². The maximum absolute atomic E-state index is 10.6. The standard InChI is InChI=1S/C8H10N2O4S/c1-15(13,14)10-9-5-6-2-3-7(11)4-8(6)12/h2-5,10-12H,1H3. The first-order valence-corrected chi connectivity index (χ1v) is 5.79. The Kier molecular flexibility index (Phi) is 3.15. The van der Waals surface area contributed by atoms with Crippen LogP contribution >= 0.6 is 0 Å². The SMILES string of the molecule is CS(=O)(=O)NN=Cc1ccc(O)cc1O. The van der Waals surface area contributed by atoms with Crippen molar-refractivity contribution >= 4 is 16.2 Å². The second kappa shape index (κ2) is 4.18. The lowest BCUT2D eigenvalue weighted by atomic mass is 10.2. The van der Waals surface area contributed by atoms with E-state index in [1.807, 2.05) is 4.83 Å². The first kappa shape index (κ1) is 11.3. The molecule has 0 atom stereocenters. The molecule has 0 aromatic heterocycles. The molecule has 1 rings (SSSR count). The summed E-state index contributed by atoms with van der Waals surface area (Å²) >= 11 is 0. The van der Waals surface area contributed by atoms with E-state index >= 15 is 0 Å². The van der Waals surface area contributed by atoms with Gasteiger partial charge in [0.05, 0.1) is 12.5 Å². The van der Waals surface area contributed by atoms with Crippen molar-refractivity contribution in [3.8, 4) is 11.5 Å². The molecule has 3 N–H and O–H groups in total. The second-order valence-electron chi connectivity index (χ2n) is 2.86. The van der Waals surface area contributed by atoms with Crippen LogP contribution in [0.4, 0.5) is 0 Å². The van der Waals surface area contributed by atoms with Crippen molar-refractivity contribution in [2.45, 2.75) is 0 Å². The molecule has 0 unspecified atom stereocenters. The van der Waals surface area contributed by atoms with E-state index in [-0.39, 0.29) is 11.5 Å².